The first-order valence-electron chi connectivity index (χ1n) is 7.60. The van der Waals surface area contributed by atoms with Gasteiger partial charge >= 0.3 is 6.61 Å². The molecule has 0 amide bonds. The van der Waals surface area contributed by atoms with E-state index in [1.807, 2.05) is 37.1 Å². The van der Waals surface area contributed by atoms with Gasteiger partial charge in [-0.3, -0.25) is 0 Å². The standard InChI is InChI=1S/C18H19F2N3O/c1-12-4-3-5-14(10-12)18(11-23(2)17(21)22-18)13-6-8-15(9-7-13)24-16(19)20/h3-10,16H,11H2,1-2H3,(H2,21,22). The van der Waals surface area contributed by atoms with Crippen LogP contribution in [0, 0.1) is 6.92 Å². The van der Waals surface area contributed by atoms with Crippen LogP contribution >= 0.6 is 0 Å². The Morgan fingerprint density at radius 2 is 1.88 bits per heavy atom. The Bertz CT molecular complexity index is 761. The van der Waals surface area contributed by atoms with Crippen molar-refractivity contribution in [1.82, 2.24) is 4.90 Å². The zero-order valence-electron chi connectivity index (χ0n) is 13.5. The maximum Gasteiger partial charge on any atom is 0.387 e. The fraction of sp³-hybridized carbons (Fsp3) is 0.278. The lowest BCUT2D eigenvalue weighted by Crippen LogP contribution is -2.34. The summed E-state index contributed by atoms with van der Waals surface area (Å²) >= 11 is 0. The quantitative estimate of drug-likeness (QED) is 0.937. The molecule has 0 aromatic heterocycles. The number of likely N-dealkylation sites (N-methyl/N-ethyl adjacent to an activating group) is 1. The van der Waals surface area contributed by atoms with E-state index < -0.39 is 12.2 Å². The van der Waals surface area contributed by atoms with Crippen LogP contribution in [-0.2, 0) is 5.54 Å². The lowest BCUT2D eigenvalue weighted by molar-refractivity contribution is -0.0498. The van der Waals surface area contributed by atoms with Crippen LogP contribution < -0.4 is 10.5 Å². The van der Waals surface area contributed by atoms with Crippen molar-refractivity contribution in [3.05, 3.63) is 65.2 Å². The predicted octanol–water partition coefficient (Wildman–Crippen LogP) is 3.10. The number of alkyl halides is 2. The molecule has 1 aliphatic rings. The molecule has 0 radical (unpaired) electrons. The lowest BCUT2D eigenvalue weighted by atomic mass is 9.83. The van der Waals surface area contributed by atoms with Crippen molar-refractivity contribution in [2.75, 3.05) is 13.6 Å². The van der Waals surface area contributed by atoms with Gasteiger partial charge in [0.2, 0.25) is 0 Å². The summed E-state index contributed by atoms with van der Waals surface area (Å²) in [7, 11) is 1.88. The van der Waals surface area contributed by atoms with Crippen LogP contribution in [0.5, 0.6) is 5.75 Å². The van der Waals surface area contributed by atoms with Gasteiger partial charge < -0.3 is 15.4 Å². The molecule has 1 heterocycles. The number of aryl methyl sites for hydroxylation is 1. The fourth-order valence-corrected chi connectivity index (χ4v) is 3.03. The van der Waals surface area contributed by atoms with Crippen molar-refractivity contribution in [2.45, 2.75) is 19.1 Å². The van der Waals surface area contributed by atoms with Crippen LogP contribution in [0.3, 0.4) is 0 Å². The first kappa shape index (κ1) is 16.2. The SMILES string of the molecule is Cc1cccc(C2(c3ccc(OC(F)F)cc3)CN(C)C(N)=N2)c1. The molecule has 1 aliphatic heterocycles. The van der Waals surface area contributed by atoms with E-state index in [1.165, 1.54) is 12.1 Å². The molecule has 0 bridgehead atoms. The van der Waals surface area contributed by atoms with E-state index in [4.69, 9.17) is 10.7 Å². The Hall–Kier alpha value is -2.63. The monoisotopic (exact) mass is 331 g/mol. The molecule has 0 aliphatic carbocycles. The molecule has 4 nitrogen and oxygen atoms in total. The smallest absolute Gasteiger partial charge is 0.387 e. The molecule has 0 saturated carbocycles. The molecule has 0 fully saturated rings. The molecule has 126 valence electrons. The predicted molar refractivity (Wildman–Crippen MR) is 89.3 cm³/mol. The molecule has 3 rings (SSSR count). The van der Waals surface area contributed by atoms with E-state index in [0.717, 1.165) is 16.7 Å². The highest BCUT2D eigenvalue weighted by Crippen LogP contribution is 2.39. The lowest BCUT2D eigenvalue weighted by Gasteiger charge is -2.28. The molecule has 0 saturated heterocycles. The molecule has 24 heavy (non-hydrogen) atoms. The Morgan fingerprint density at radius 1 is 1.17 bits per heavy atom. The number of hydrogen-bond acceptors (Lipinski definition) is 4. The van der Waals surface area contributed by atoms with Crippen LogP contribution in [-0.4, -0.2) is 31.1 Å². The summed E-state index contributed by atoms with van der Waals surface area (Å²) in [6, 6.07) is 14.7. The molecule has 1 atom stereocenters. The minimum absolute atomic E-state index is 0.122. The Morgan fingerprint density at radius 3 is 2.42 bits per heavy atom. The van der Waals surface area contributed by atoms with E-state index in [9.17, 15) is 8.78 Å². The molecule has 2 aromatic carbocycles. The van der Waals surface area contributed by atoms with E-state index in [0.29, 0.717) is 12.5 Å². The normalized spacial score (nSPS) is 20.4. The number of ether oxygens (including phenoxy) is 1. The molecule has 6 heteroatoms. The maximum absolute atomic E-state index is 12.3. The molecular weight excluding hydrogens is 312 g/mol. The summed E-state index contributed by atoms with van der Waals surface area (Å²) in [5.41, 5.74) is 8.36. The van der Waals surface area contributed by atoms with Crippen LogP contribution in [0.4, 0.5) is 8.78 Å². The Labute approximate surface area is 139 Å². The van der Waals surface area contributed by atoms with Gasteiger partial charge in [0.25, 0.3) is 0 Å². The highest BCUT2D eigenvalue weighted by atomic mass is 19.3. The zero-order chi connectivity index (χ0) is 17.3. The van der Waals surface area contributed by atoms with Gasteiger partial charge in [0, 0.05) is 7.05 Å². The van der Waals surface area contributed by atoms with Gasteiger partial charge in [0.05, 0.1) is 6.54 Å². The average Bonchev–Trinajstić information content (AvgIpc) is 2.84. The molecule has 2 aromatic rings. The number of halogens is 2. The van der Waals surface area contributed by atoms with Crippen molar-refractivity contribution in [3.63, 3.8) is 0 Å². The summed E-state index contributed by atoms with van der Waals surface area (Å²) in [5, 5.41) is 0. The van der Waals surface area contributed by atoms with E-state index in [1.54, 1.807) is 12.1 Å². The second kappa shape index (κ2) is 6.11. The van der Waals surface area contributed by atoms with Crippen LogP contribution in [0.1, 0.15) is 16.7 Å². The van der Waals surface area contributed by atoms with Crippen molar-refractivity contribution in [3.8, 4) is 5.75 Å². The zero-order valence-corrected chi connectivity index (χ0v) is 13.5. The summed E-state index contributed by atoms with van der Waals surface area (Å²) in [6.45, 7) is -0.243. The van der Waals surface area contributed by atoms with Gasteiger partial charge in [-0.1, -0.05) is 42.0 Å². The Balaban J connectivity index is 2.07. The number of hydrogen-bond donors (Lipinski definition) is 1. The summed E-state index contributed by atoms with van der Waals surface area (Å²) in [4.78, 5) is 6.59. The minimum atomic E-state index is -2.84. The largest absolute Gasteiger partial charge is 0.435 e. The van der Waals surface area contributed by atoms with Gasteiger partial charge in [-0.2, -0.15) is 8.78 Å². The Kier molecular flexibility index (Phi) is 4.13. The highest BCUT2D eigenvalue weighted by molar-refractivity contribution is 5.81. The fourth-order valence-electron chi connectivity index (χ4n) is 3.03. The first-order chi connectivity index (χ1) is 11.4. The van der Waals surface area contributed by atoms with Gasteiger partial charge in [-0.25, -0.2) is 4.99 Å². The molecule has 0 spiro atoms. The first-order valence-corrected chi connectivity index (χ1v) is 7.60. The van der Waals surface area contributed by atoms with E-state index in [-0.39, 0.29) is 5.75 Å². The van der Waals surface area contributed by atoms with Gasteiger partial charge in [-0.15, -0.1) is 0 Å². The van der Waals surface area contributed by atoms with Gasteiger partial charge in [0.1, 0.15) is 11.3 Å². The van der Waals surface area contributed by atoms with Gasteiger partial charge in [0.15, 0.2) is 5.96 Å². The van der Waals surface area contributed by atoms with Crippen molar-refractivity contribution in [1.29, 1.82) is 0 Å². The van der Waals surface area contributed by atoms with Crippen molar-refractivity contribution >= 4 is 5.96 Å². The van der Waals surface area contributed by atoms with Crippen LogP contribution in [0.15, 0.2) is 53.5 Å². The third kappa shape index (κ3) is 2.91. The van der Waals surface area contributed by atoms with Gasteiger partial charge in [-0.05, 0) is 30.2 Å². The number of guanidine groups is 1. The maximum atomic E-state index is 12.3. The van der Waals surface area contributed by atoms with Crippen molar-refractivity contribution in [2.24, 2.45) is 10.7 Å². The molecular formula is C18H19F2N3O. The molecule has 2 N–H and O–H groups in total. The number of benzene rings is 2. The second-order valence-corrected chi connectivity index (χ2v) is 5.96. The summed E-state index contributed by atoms with van der Waals surface area (Å²) < 4.78 is 29.1. The minimum Gasteiger partial charge on any atom is -0.435 e. The topological polar surface area (TPSA) is 50.9 Å². The number of aliphatic imine (C=N–C) groups is 1. The van der Waals surface area contributed by atoms with Crippen LogP contribution in [0.25, 0.3) is 0 Å². The second-order valence-electron chi connectivity index (χ2n) is 5.96. The van der Waals surface area contributed by atoms with E-state index >= 15 is 0 Å². The highest BCUT2D eigenvalue weighted by Gasteiger charge is 2.40. The summed E-state index contributed by atoms with van der Waals surface area (Å²) in [5.74, 6) is 0.570. The number of nitrogens with two attached hydrogens (primary N) is 1. The third-order valence-electron chi connectivity index (χ3n) is 4.22. The van der Waals surface area contributed by atoms with Crippen molar-refractivity contribution < 1.29 is 13.5 Å². The van der Waals surface area contributed by atoms with Crippen LogP contribution in [0.2, 0.25) is 0 Å². The average molecular weight is 331 g/mol. The third-order valence-corrected chi connectivity index (χ3v) is 4.22. The van der Waals surface area contributed by atoms with E-state index in [2.05, 4.69) is 10.8 Å². The number of nitrogens with zero attached hydrogens (tertiary/aromatic N) is 2. The number of rotatable bonds is 4. The summed E-state index contributed by atoms with van der Waals surface area (Å²) in [6.07, 6.45) is 0. The molecule has 1 unspecified atom stereocenters.